The van der Waals surface area contributed by atoms with Gasteiger partial charge in [-0.25, -0.2) is 0 Å². The number of aliphatic hydroxyl groups excluding tert-OH is 3. The van der Waals surface area contributed by atoms with Gasteiger partial charge in [0.2, 0.25) is 0 Å². The molecule has 0 saturated carbocycles. The van der Waals surface area contributed by atoms with E-state index in [1.54, 1.807) is 6.92 Å². The summed E-state index contributed by atoms with van der Waals surface area (Å²) in [5, 5.41) is 25.5. The van der Waals surface area contributed by atoms with Crippen LogP contribution in [-0.4, -0.2) is 84.5 Å². The van der Waals surface area contributed by atoms with Crippen molar-refractivity contribution >= 4 is 6.08 Å². The van der Waals surface area contributed by atoms with Crippen LogP contribution in [0.2, 0.25) is 0 Å². The number of hydrogen-bond donors (Lipinski definition) is 3. The predicted molar refractivity (Wildman–Crippen MR) is 227 cm³/mol. The van der Waals surface area contributed by atoms with Gasteiger partial charge in [-0.15, -0.1) is 0 Å². The molecule has 5 aromatic carbocycles. The Morgan fingerprint density at radius 1 is 0.554 bits per heavy atom. The predicted octanol–water partition coefficient (Wildman–Crippen LogP) is 5.16. The van der Waals surface area contributed by atoms with E-state index in [1.807, 2.05) is 24.3 Å². The average Bonchev–Trinajstić information content (AvgIpc) is 4.13. The summed E-state index contributed by atoms with van der Waals surface area (Å²) >= 11 is 0. The molecule has 7 nitrogen and oxygen atoms in total. The quantitative estimate of drug-likeness (QED) is 0.0769. The minimum atomic E-state index is 0. The summed E-state index contributed by atoms with van der Waals surface area (Å²) in [5.41, 5.74) is 8.05. The van der Waals surface area contributed by atoms with Crippen molar-refractivity contribution in [1.29, 1.82) is 0 Å². The third kappa shape index (κ3) is 24.1. The van der Waals surface area contributed by atoms with E-state index in [9.17, 15) is 0 Å². The third-order valence-corrected chi connectivity index (χ3v) is 8.34. The number of ether oxygens (including phenoxy) is 2. The number of benzene rings is 5. The van der Waals surface area contributed by atoms with Crippen LogP contribution in [0.15, 0.2) is 152 Å². The molecule has 5 aromatic rings. The molecule has 1 saturated heterocycles. The van der Waals surface area contributed by atoms with Gasteiger partial charge in [-0.1, -0.05) is 158 Å². The first-order valence-electron chi connectivity index (χ1n) is 19.5. The molecule has 0 spiro atoms. The van der Waals surface area contributed by atoms with Gasteiger partial charge in [-0.05, 0) is 53.1 Å². The van der Waals surface area contributed by atoms with E-state index in [0.717, 1.165) is 45.9 Å². The Morgan fingerprint density at radius 3 is 1.32 bits per heavy atom. The fourth-order valence-electron chi connectivity index (χ4n) is 5.67. The van der Waals surface area contributed by atoms with Crippen molar-refractivity contribution in [3.05, 3.63) is 185 Å². The van der Waals surface area contributed by atoms with E-state index < -0.39 is 0 Å². The Hall–Kier alpha value is -2.80. The van der Waals surface area contributed by atoms with Gasteiger partial charge in [-0.3, -0.25) is 9.80 Å². The number of allylic oxidation sites excluding steroid dienone is 1. The van der Waals surface area contributed by atoms with Crippen LogP contribution < -0.4 is 51.4 Å². The van der Waals surface area contributed by atoms with Crippen LogP contribution in [0, 0.1) is 0 Å². The number of aryl methyl sites for hydroxylation is 1. The van der Waals surface area contributed by atoms with E-state index in [4.69, 9.17) is 20.1 Å². The van der Waals surface area contributed by atoms with Crippen LogP contribution in [-0.2, 0) is 42.1 Å². The second-order valence-corrected chi connectivity index (χ2v) is 13.0. The zero-order chi connectivity index (χ0) is 39.0. The van der Waals surface area contributed by atoms with Crippen molar-refractivity contribution in [2.45, 2.75) is 45.9 Å². The average molecular weight is 787 g/mol. The van der Waals surface area contributed by atoms with Crippen molar-refractivity contribution < 1.29 is 77.6 Å². The van der Waals surface area contributed by atoms with Crippen molar-refractivity contribution in [3.63, 3.8) is 0 Å². The number of hydrogen-bond acceptors (Lipinski definition) is 7. The van der Waals surface area contributed by atoms with Crippen LogP contribution in [0.25, 0.3) is 6.08 Å². The van der Waals surface area contributed by atoms with Crippen LogP contribution in [0.3, 0.4) is 0 Å². The maximum Gasteiger partial charge on any atom is 1.00 e. The van der Waals surface area contributed by atoms with E-state index in [2.05, 4.69) is 148 Å². The molecule has 0 bridgehead atoms. The number of nitrogens with zero attached hydrogens (tertiary/aromatic N) is 2. The Kier molecular flexibility index (Phi) is 29.3. The monoisotopic (exact) mass is 786 g/mol. The van der Waals surface area contributed by atoms with Gasteiger partial charge in [0.05, 0.1) is 39.6 Å². The minimum Gasteiger partial charge on any atom is -1.00 e. The Labute approximate surface area is 380 Å². The van der Waals surface area contributed by atoms with Gasteiger partial charge in [0.15, 0.2) is 0 Å². The molecule has 3 N–H and O–H groups in total. The molecule has 2 aliphatic rings. The summed E-state index contributed by atoms with van der Waals surface area (Å²) < 4.78 is 9.90. The smallest absolute Gasteiger partial charge is 1.00 e. The van der Waals surface area contributed by atoms with Crippen molar-refractivity contribution in [2.75, 3.05) is 59.3 Å². The van der Waals surface area contributed by atoms with Gasteiger partial charge in [0.25, 0.3) is 0 Å². The zero-order valence-corrected chi connectivity index (χ0v) is 36.8. The van der Waals surface area contributed by atoms with Crippen molar-refractivity contribution in [3.8, 4) is 0 Å². The largest absolute Gasteiger partial charge is 1.00 e. The molecule has 0 radical (unpaired) electrons. The number of rotatable bonds is 15. The van der Waals surface area contributed by atoms with Gasteiger partial charge in [0, 0.05) is 45.9 Å². The summed E-state index contributed by atoms with van der Waals surface area (Å²) in [7, 11) is 0. The molecule has 0 amide bonds. The molecule has 1 aliphatic carbocycles. The molecule has 0 aromatic heterocycles. The molecule has 56 heavy (non-hydrogen) atoms. The second-order valence-electron chi connectivity index (χ2n) is 13.0. The molecular weight excluding hydrogens is 724 g/mol. The van der Waals surface area contributed by atoms with Crippen molar-refractivity contribution in [2.24, 2.45) is 0 Å². The van der Waals surface area contributed by atoms with E-state index in [-0.39, 0.29) is 72.6 Å². The summed E-state index contributed by atoms with van der Waals surface area (Å²) in [6.45, 7) is 10.3. The molecule has 7 rings (SSSR count). The normalized spacial score (nSPS) is 11.8. The van der Waals surface area contributed by atoms with Crippen LogP contribution in [0.1, 0.15) is 48.2 Å². The van der Waals surface area contributed by atoms with E-state index >= 15 is 0 Å². The molecular formula is C48H63KN2O5. The standard InChI is InChI=1S/C18H23NO2.C16H19NO.C10H10.C2H4O.C2H6O.K.H/c20-12-14-21-13-11-19(15-17-7-3-1-4-8-17)16-18-9-5-2-6-10-18;18-12-11-17(13-15-7-3-1-4-8-15)14-16-9-5-2-6-10-16;1-2-6-10-8-4-3-7-9(10)5-1;1-2-3-1;1-2-3;;/h1-10,20H,11-16H2;1-10,18H,11-14H2;1-3,5-7H,4,8H2;1-2H2;3H,2H2,1H3;;/q;;;;;+1;-1. The van der Waals surface area contributed by atoms with Crippen LogP contribution in [0.5, 0.6) is 0 Å². The summed E-state index contributed by atoms with van der Waals surface area (Å²) in [6, 6.07) is 50.2. The SMILES string of the molecule is C1=Cc2ccccc2CC1.C1CO1.CCO.OCCN(Cc1ccccc1)Cc1ccccc1.OCCOCCN(Cc1ccccc1)Cc1ccccc1.[H-].[K+]. The third-order valence-electron chi connectivity index (χ3n) is 8.34. The first-order chi connectivity index (χ1) is 27.1. The van der Waals surface area contributed by atoms with E-state index in [1.165, 1.54) is 46.2 Å². The Bertz CT molecular complexity index is 1570. The molecule has 296 valence electrons. The van der Waals surface area contributed by atoms with Gasteiger partial charge in [-0.2, -0.15) is 0 Å². The molecule has 1 fully saturated rings. The maximum absolute atomic E-state index is 9.15. The molecule has 8 heteroatoms. The summed E-state index contributed by atoms with van der Waals surface area (Å²) in [4.78, 5) is 4.62. The summed E-state index contributed by atoms with van der Waals surface area (Å²) in [5.74, 6) is 0. The van der Waals surface area contributed by atoms with Gasteiger partial charge < -0.3 is 26.2 Å². The molecule has 1 aliphatic heterocycles. The maximum atomic E-state index is 9.15. The van der Waals surface area contributed by atoms with E-state index in [0.29, 0.717) is 19.8 Å². The number of aliphatic hydroxyl groups is 3. The van der Waals surface area contributed by atoms with Crippen LogP contribution in [0.4, 0.5) is 0 Å². The first-order valence-corrected chi connectivity index (χ1v) is 19.5. The molecule has 1 heterocycles. The summed E-state index contributed by atoms with van der Waals surface area (Å²) in [6.07, 6.45) is 6.87. The Morgan fingerprint density at radius 2 is 0.946 bits per heavy atom. The van der Waals surface area contributed by atoms with Crippen LogP contribution >= 0.6 is 0 Å². The second kappa shape index (κ2) is 33.2. The van der Waals surface area contributed by atoms with Gasteiger partial charge in [0.1, 0.15) is 0 Å². The fourth-order valence-corrected chi connectivity index (χ4v) is 5.67. The first kappa shape index (κ1) is 49.3. The zero-order valence-electron chi connectivity index (χ0n) is 34.7. The molecule has 0 atom stereocenters. The van der Waals surface area contributed by atoms with Crippen molar-refractivity contribution in [1.82, 2.24) is 9.80 Å². The topological polar surface area (TPSA) is 88.9 Å². The Balaban J connectivity index is 0.000000406. The minimum absolute atomic E-state index is 0. The van der Waals surface area contributed by atoms with Gasteiger partial charge >= 0.3 is 51.4 Å². The fraction of sp³-hybridized carbons (Fsp3) is 0.333. The number of fused-ring (bicyclic) bond motifs is 1. The number of epoxide rings is 1. The molecule has 0 unspecified atom stereocenters.